The van der Waals surface area contributed by atoms with E-state index in [1.165, 1.54) is 29.2 Å². The number of benzene rings is 1. The van der Waals surface area contributed by atoms with Gasteiger partial charge in [-0.1, -0.05) is 32.9 Å². The summed E-state index contributed by atoms with van der Waals surface area (Å²) in [6.07, 6.45) is 1.82. The van der Waals surface area contributed by atoms with Gasteiger partial charge in [-0.15, -0.1) is 23.1 Å². The van der Waals surface area contributed by atoms with Crippen molar-refractivity contribution in [3.8, 4) is 0 Å². The summed E-state index contributed by atoms with van der Waals surface area (Å²) in [6, 6.07) is 8.48. The highest BCUT2D eigenvalue weighted by Crippen LogP contribution is 2.37. The van der Waals surface area contributed by atoms with Crippen LogP contribution < -0.4 is 5.73 Å². The molecule has 2 aromatic rings. The Bertz CT molecular complexity index is 829. The Hall–Kier alpha value is -1.31. The van der Waals surface area contributed by atoms with Gasteiger partial charge in [-0.05, 0) is 35.4 Å². The van der Waals surface area contributed by atoms with Gasteiger partial charge < -0.3 is 5.73 Å². The first-order valence-corrected chi connectivity index (χ1v) is 10.5. The van der Waals surface area contributed by atoms with Crippen molar-refractivity contribution in [1.82, 2.24) is 0 Å². The molecule has 3 N–H and O–H groups in total. The summed E-state index contributed by atoms with van der Waals surface area (Å²) in [4.78, 5) is 0.955. The molecular weight excluding hydrogens is 348 g/mol. The molecule has 23 heavy (non-hydrogen) atoms. The normalized spacial score (nSPS) is 12.3. The molecule has 0 spiro atoms. The zero-order chi connectivity index (χ0) is 17.4. The van der Waals surface area contributed by atoms with Gasteiger partial charge in [0.15, 0.2) is 0 Å². The predicted octanol–water partition coefficient (Wildman–Crippen LogP) is 3.88. The summed E-state index contributed by atoms with van der Waals surface area (Å²) in [5.41, 5.74) is 6.54. The third kappa shape index (κ3) is 3.62. The van der Waals surface area contributed by atoms with Gasteiger partial charge in [0.1, 0.15) is 5.84 Å². The van der Waals surface area contributed by atoms with Crippen LogP contribution in [-0.2, 0) is 15.3 Å². The van der Waals surface area contributed by atoms with Crippen LogP contribution in [0.5, 0.6) is 0 Å². The monoisotopic (exact) mass is 368 g/mol. The van der Waals surface area contributed by atoms with Crippen LogP contribution in [0.1, 0.15) is 31.2 Å². The van der Waals surface area contributed by atoms with E-state index in [2.05, 4.69) is 20.8 Å². The van der Waals surface area contributed by atoms with E-state index in [4.69, 9.17) is 11.1 Å². The van der Waals surface area contributed by atoms with E-state index in [9.17, 15) is 8.42 Å². The smallest absolute Gasteiger partial charge is 0.208 e. The molecule has 0 amide bonds. The lowest BCUT2D eigenvalue weighted by Crippen LogP contribution is -2.11. The lowest BCUT2D eigenvalue weighted by Gasteiger charge is -2.19. The van der Waals surface area contributed by atoms with E-state index in [1.54, 1.807) is 12.1 Å². The van der Waals surface area contributed by atoms with Crippen LogP contribution in [0, 0.1) is 5.41 Å². The summed E-state index contributed by atoms with van der Waals surface area (Å²) >= 11 is 2.58. The minimum atomic E-state index is -3.62. The standard InChI is InChI=1S/C16H20N2O2S3/c1-16(2,3)10-5-7-11(8-6-10)23(19,20)13-9-12(14(17)18)22-15(13)21-4/h5-9H,1-4H3,(H3,17,18). The number of hydrogen-bond acceptors (Lipinski definition) is 5. The number of nitrogens with two attached hydrogens (primary N) is 1. The topological polar surface area (TPSA) is 84.0 Å². The molecule has 1 aromatic heterocycles. The van der Waals surface area contributed by atoms with Crippen LogP contribution in [0.2, 0.25) is 0 Å². The molecule has 7 heteroatoms. The molecule has 4 nitrogen and oxygen atoms in total. The zero-order valence-electron chi connectivity index (χ0n) is 13.5. The summed E-state index contributed by atoms with van der Waals surface area (Å²) in [5, 5.41) is 7.51. The highest BCUT2D eigenvalue weighted by atomic mass is 32.2. The van der Waals surface area contributed by atoms with Gasteiger partial charge >= 0.3 is 0 Å². The zero-order valence-corrected chi connectivity index (χ0v) is 16.0. The Morgan fingerprint density at radius 1 is 1.22 bits per heavy atom. The van der Waals surface area contributed by atoms with E-state index in [0.29, 0.717) is 9.09 Å². The quantitative estimate of drug-likeness (QED) is 0.487. The Morgan fingerprint density at radius 2 is 1.78 bits per heavy atom. The maximum atomic E-state index is 12.9. The second-order valence-corrected chi connectivity index (χ2v) is 10.2. The Morgan fingerprint density at radius 3 is 2.22 bits per heavy atom. The molecule has 0 aliphatic carbocycles. The first-order chi connectivity index (χ1) is 10.6. The fraction of sp³-hybridized carbons (Fsp3) is 0.312. The summed E-state index contributed by atoms with van der Waals surface area (Å²) in [5.74, 6) is -0.116. The highest BCUT2D eigenvalue weighted by molar-refractivity contribution is 8.01. The van der Waals surface area contributed by atoms with E-state index in [1.807, 2.05) is 18.4 Å². The third-order valence-corrected chi connectivity index (χ3v) is 7.79. The van der Waals surface area contributed by atoms with E-state index >= 15 is 0 Å². The minimum absolute atomic E-state index is 0.0309. The molecule has 0 atom stereocenters. The Balaban J connectivity index is 2.52. The molecule has 2 rings (SSSR count). The number of thioether (sulfide) groups is 1. The predicted molar refractivity (Wildman–Crippen MR) is 97.7 cm³/mol. The molecule has 124 valence electrons. The second kappa shape index (κ2) is 6.30. The van der Waals surface area contributed by atoms with Crippen molar-refractivity contribution in [2.45, 2.75) is 40.2 Å². The van der Waals surface area contributed by atoms with E-state index in [0.717, 1.165) is 5.56 Å². The average molecular weight is 369 g/mol. The van der Waals surface area contributed by atoms with Gasteiger partial charge in [-0.25, -0.2) is 8.42 Å². The maximum Gasteiger partial charge on any atom is 0.208 e. The minimum Gasteiger partial charge on any atom is -0.383 e. The third-order valence-electron chi connectivity index (χ3n) is 3.44. The van der Waals surface area contributed by atoms with Crippen LogP contribution in [0.4, 0.5) is 0 Å². The van der Waals surface area contributed by atoms with Crippen LogP contribution in [0.3, 0.4) is 0 Å². The molecule has 0 saturated heterocycles. The number of hydrogen-bond donors (Lipinski definition) is 2. The molecule has 0 fully saturated rings. The number of thiophene rings is 1. The molecule has 0 bridgehead atoms. The molecule has 0 unspecified atom stereocenters. The molecule has 0 radical (unpaired) electrons. The molecule has 0 aliphatic rings. The van der Waals surface area contributed by atoms with Crippen LogP contribution >= 0.6 is 23.1 Å². The fourth-order valence-corrected chi connectivity index (χ4v) is 5.94. The second-order valence-electron chi connectivity index (χ2n) is 6.16. The van der Waals surface area contributed by atoms with Crippen LogP contribution in [0.25, 0.3) is 0 Å². The van der Waals surface area contributed by atoms with Gasteiger partial charge in [0.05, 0.1) is 18.9 Å². The number of nitrogen functional groups attached to an aromatic ring is 1. The number of sulfone groups is 1. The lowest BCUT2D eigenvalue weighted by atomic mass is 9.87. The van der Waals surface area contributed by atoms with Crippen molar-refractivity contribution >= 4 is 38.8 Å². The molecule has 1 heterocycles. The van der Waals surface area contributed by atoms with Crippen molar-refractivity contribution in [3.05, 3.63) is 40.8 Å². The van der Waals surface area contributed by atoms with E-state index in [-0.39, 0.29) is 21.0 Å². The van der Waals surface area contributed by atoms with Gasteiger partial charge in [-0.2, -0.15) is 0 Å². The number of rotatable bonds is 4. The fourth-order valence-electron chi connectivity index (χ4n) is 2.08. The van der Waals surface area contributed by atoms with Gasteiger partial charge in [-0.3, -0.25) is 5.41 Å². The average Bonchev–Trinajstić information content (AvgIpc) is 2.91. The number of amidine groups is 1. The SMILES string of the molecule is CSc1sc(C(=N)N)cc1S(=O)(=O)c1ccc(C(C)(C)C)cc1. The van der Waals surface area contributed by atoms with Crippen molar-refractivity contribution in [3.63, 3.8) is 0 Å². The van der Waals surface area contributed by atoms with Crippen molar-refractivity contribution in [1.29, 1.82) is 5.41 Å². The first kappa shape index (κ1) is 18.0. The van der Waals surface area contributed by atoms with Gasteiger partial charge in [0, 0.05) is 0 Å². The molecular formula is C16H20N2O2S3. The summed E-state index contributed by atoms with van der Waals surface area (Å²) in [7, 11) is -3.62. The Labute approximate surface area is 145 Å². The van der Waals surface area contributed by atoms with E-state index < -0.39 is 9.84 Å². The Kier molecular flexibility index (Phi) is 4.94. The van der Waals surface area contributed by atoms with Gasteiger partial charge in [0.25, 0.3) is 0 Å². The summed E-state index contributed by atoms with van der Waals surface area (Å²) < 4.78 is 26.4. The van der Waals surface area contributed by atoms with Crippen molar-refractivity contribution in [2.24, 2.45) is 5.73 Å². The van der Waals surface area contributed by atoms with Crippen LogP contribution in [-0.4, -0.2) is 20.5 Å². The van der Waals surface area contributed by atoms with Crippen LogP contribution in [0.15, 0.2) is 44.3 Å². The number of nitrogens with one attached hydrogen (secondary N) is 1. The lowest BCUT2D eigenvalue weighted by molar-refractivity contribution is 0.586. The first-order valence-electron chi connectivity index (χ1n) is 6.95. The highest BCUT2D eigenvalue weighted by Gasteiger charge is 2.25. The maximum absolute atomic E-state index is 12.9. The molecule has 0 saturated carbocycles. The molecule has 1 aromatic carbocycles. The molecule has 0 aliphatic heterocycles. The van der Waals surface area contributed by atoms with Crippen molar-refractivity contribution < 1.29 is 8.42 Å². The van der Waals surface area contributed by atoms with Gasteiger partial charge in [0.2, 0.25) is 9.84 Å². The summed E-state index contributed by atoms with van der Waals surface area (Å²) in [6.45, 7) is 6.25. The van der Waals surface area contributed by atoms with Crippen molar-refractivity contribution in [2.75, 3.05) is 6.26 Å². The largest absolute Gasteiger partial charge is 0.383 e.